The van der Waals surface area contributed by atoms with Crippen LogP contribution in [0.4, 0.5) is 27.3 Å². The number of carbonyl (C=O) groups excluding carboxylic acids is 1. The van der Waals surface area contributed by atoms with Crippen LogP contribution in [0.25, 0.3) is 0 Å². The van der Waals surface area contributed by atoms with Crippen LogP contribution in [0.15, 0.2) is 30.5 Å². The smallest absolute Gasteiger partial charge is 0.339 e. The van der Waals surface area contributed by atoms with Gasteiger partial charge >= 0.3 is 11.7 Å². The van der Waals surface area contributed by atoms with Crippen molar-refractivity contribution in [1.82, 2.24) is 9.88 Å². The Kier molecular flexibility index (Phi) is 6.46. The second-order valence-electron chi connectivity index (χ2n) is 7.31. The lowest BCUT2D eigenvalue weighted by Gasteiger charge is -2.36. The molecule has 0 amide bonds. The van der Waals surface area contributed by atoms with Crippen molar-refractivity contribution < 1.29 is 18.8 Å². The van der Waals surface area contributed by atoms with Crippen molar-refractivity contribution in [1.29, 1.82) is 0 Å². The van der Waals surface area contributed by atoms with Crippen LogP contribution in [0.3, 0.4) is 0 Å². The van der Waals surface area contributed by atoms with Gasteiger partial charge in [-0.3, -0.25) is 10.1 Å². The Balaban J connectivity index is 1.78. The molecule has 0 atom stereocenters. The number of rotatable bonds is 6. The number of methoxy groups -OCH3 is 1. The fourth-order valence-corrected chi connectivity index (χ4v) is 3.52. The molecule has 0 spiro atoms. The molecule has 160 valence electrons. The molecule has 0 bridgehead atoms. The van der Waals surface area contributed by atoms with E-state index in [9.17, 15) is 19.3 Å². The molecule has 1 aromatic carbocycles. The van der Waals surface area contributed by atoms with Crippen molar-refractivity contribution in [3.05, 3.63) is 52.0 Å². The van der Waals surface area contributed by atoms with Crippen LogP contribution in [0.1, 0.15) is 23.2 Å². The molecule has 1 aliphatic heterocycles. The van der Waals surface area contributed by atoms with Gasteiger partial charge in [0.05, 0.1) is 23.3 Å². The van der Waals surface area contributed by atoms with Crippen molar-refractivity contribution in [2.24, 2.45) is 0 Å². The summed E-state index contributed by atoms with van der Waals surface area (Å²) in [7, 11) is 5.27. The summed E-state index contributed by atoms with van der Waals surface area (Å²) in [5, 5.41) is 14.1. The van der Waals surface area contributed by atoms with Crippen molar-refractivity contribution in [2.75, 3.05) is 44.5 Å². The average Bonchev–Trinajstić information content (AvgIpc) is 2.73. The minimum absolute atomic E-state index is 0.0441. The van der Waals surface area contributed by atoms with Crippen LogP contribution >= 0.6 is 0 Å². The highest BCUT2D eigenvalue weighted by Crippen LogP contribution is 2.30. The van der Waals surface area contributed by atoms with Crippen molar-refractivity contribution in [3.8, 4) is 0 Å². The van der Waals surface area contributed by atoms with Crippen LogP contribution in [0, 0.1) is 15.9 Å². The number of carbonyl (C=O) groups is 1. The Morgan fingerprint density at radius 3 is 2.60 bits per heavy atom. The van der Waals surface area contributed by atoms with Gasteiger partial charge in [-0.25, -0.2) is 14.2 Å². The lowest BCUT2D eigenvalue weighted by Crippen LogP contribution is -2.42. The number of pyridine rings is 1. The standard InChI is InChI=1S/C20H24FN5O4/c1-24(2)15-6-8-25(9-7-15)17-5-4-14(11-16(17)21)23-19-18(26(28)29)10-13(12-22-19)20(27)30-3/h4-5,10-12,15H,6-9H2,1-3H3,(H,22,23). The van der Waals surface area contributed by atoms with Crippen LogP contribution in [0.5, 0.6) is 0 Å². The predicted octanol–water partition coefficient (Wildman–Crippen LogP) is 3.19. The number of benzene rings is 1. The van der Waals surface area contributed by atoms with Gasteiger partial charge in [0.25, 0.3) is 0 Å². The number of halogens is 1. The van der Waals surface area contributed by atoms with Crippen LogP contribution < -0.4 is 10.2 Å². The third-order valence-corrected chi connectivity index (χ3v) is 5.23. The molecule has 1 aromatic heterocycles. The van der Waals surface area contributed by atoms with Crippen molar-refractivity contribution in [3.63, 3.8) is 0 Å². The second kappa shape index (κ2) is 9.04. The van der Waals surface area contributed by atoms with Gasteiger partial charge in [0.2, 0.25) is 5.82 Å². The van der Waals surface area contributed by atoms with Gasteiger partial charge in [0, 0.05) is 37.1 Å². The number of hydrogen-bond donors (Lipinski definition) is 1. The fraction of sp³-hybridized carbons (Fsp3) is 0.400. The summed E-state index contributed by atoms with van der Waals surface area (Å²) in [5.74, 6) is -1.24. The fourth-order valence-electron chi connectivity index (χ4n) is 3.52. The quantitative estimate of drug-likeness (QED) is 0.434. The molecule has 2 heterocycles. The van der Waals surface area contributed by atoms with Crippen molar-refractivity contribution in [2.45, 2.75) is 18.9 Å². The monoisotopic (exact) mass is 417 g/mol. The van der Waals surface area contributed by atoms with Gasteiger partial charge in [-0.1, -0.05) is 0 Å². The third-order valence-electron chi connectivity index (χ3n) is 5.23. The summed E-state index contributed by atoms with van der Waals surface area (Å²) in [4.78, 5) is 30.4. The Hall–Kier alpha value is -3.27. The van der Waals surface area contributed by atoms with E-state index in [0.717, 1.165) is 32.0 Å². The number of aromatic nitrogens is 1. The molecule has 1 N–H and O–H groups in total. The van der Waals surface area contributed by atoms with Gasteiger partial charge < -0.3 is 19.9 Å². The third kappa shape index (κ3) is 4.65. The van der Waals surface area contributed by atoms with E-state index in [1.54, 1.807) is 12.1 Å². The topological polar surface area (TPSA) is 101 Å². The highest BCUT2D eigenvalue weighted by molar-refractivity contribution is 5.90. The molecule has 0 saturated carbocycles. The van der Waals surface area contributed by atoms with Gasteiger partial charge in [-0.2, -0.15) is 0 Å². The molecule has 1 aliphatic rings. The summed E-state index contributed by atoms with van der Waals surface area (Å²) in [6.45, 7) is 1.52. The molecule has 9 nitrogen and oxygen atoms in total. The molecule has 2 aromatic rings. The van der Waals surface area contributed by atoms with Gasteiger partial charge in [-0.15, -0.1) is 0 Å². The van der Waals surface area contributed by atoms with E-state index < -0.39 is 22.4 Å². The first-order chi connectivity index (χ1) is 14.3. The molecule has 30 heavy (non-hydrogen) atoms. The minimum Gasteiger partial charge on any atom is -0.465 e. The molecule has 0 aliphatic carbocycles. The van der Waals surface area contributed by atoms with E-state index in [0.29, 0.717) is 17.4 Å². The van der Waals surface area contributed by atoms with E-state index in [2.05, 4.69) is 19.9 Å². The summed E-state index contributed by atoms with van der Waals surface area (Å²) in [6.07, 6.45) is 3.07. The predicted molar refractivity (Wildman–Crippen MR) is 111 cm³/mol. The molecular weight excluding hydrogens is 393 g/mol. The van der Waals surface area contributed by atoms with Crippen LogP contribution in [-0.4, -0.2) is 61.1 Å². The van der Waals surface area contributed by atoms with E-state index >= 15 is 0 Å². The number of anilines is 3. The van der Waals surface area contributed by atoms with E-state index in [4.69, 9.17) is 0 Å². The maximum Gasteiger partial charge on any atom is 0.339 e. The minimum atomic E-state index is -0.731. The highest BCUT2D eigenvalue weighted by Gasteiger charge is 2.23. The summed E-state index contributed by atoms with van der Waals surface area (Å²) < 4.78 is 19.3. The Morgan fingerprint density at radius 2 is 2.03 bits per heavy atom. The van der Waals surface area contributed by atoms with Gasteiger partial charge in [-0.05, 0) is 45.1 Å². The Bertz CT molecular complexity index is 945. The summed E-state index contributed by atoms with van der Waals surface area (Å²) in [5.41, 5.74) is 0.368. The molecule has 1 fully saturated rings. The first-order valence-electron chi connectivity index (χ1n) is 9.51. The van der Waals surface area contributed by atoms with Crippen LogP contribution in [-0.2, 0) is 4.74 Å². The largest absolute Gasteiger partial charge is 0.465 e. The number of ether oxygens (including phenoxy) is 1. The number of piperidine rings is 1. The number of hydrogen-bond acceptors (Lipinski definition) is 8. The molecule has 1 saturated heterocycles. The zero-order chi connectivity index (χ0) is 21.8. The number of nitro groups is 1. The first kappa shape index (κ1) is 21.4. The average molecular weight is 417 g/mol. The second-order valence-corrected chi connectivity index (χ2v) is 7.31. The Labute approximate surface area is 173 Å². The first-order valence-corrected chi connectivity index (χ1v) is 9.51. The highest BCUT2D eigenvalue weighted by atomic mass is 19.1. The summed E-state index contributed by atoms with van der Waals surface area (Å²) in [6, 6.07) is 6.15. The van der Waals surface area contributed by atoms with Crippen LogP contribution in [0.2, 0.25) is 0 Å². The zero-order valence-corrected chi connectivity index (χ0v) is 17.1. The van der Waals surface area contributed by atoms with Crippen molar-refractivity contribution >= 4 is 28.8 Å². The zero-order valence-electron chi connectivity index (χ0n) is 17.1. The normalized spacial score (nSPS) is 14.6. The number of nitrogens with one attached hydrogen (secondary N) is 1. The molecular formula is C20H24FN5O4. The van der Waals surface area contributed by atoms with E-state index in [1.165, 1.54) is 19.4 Å². The molecule has 3 rings (SSSR count). The molecule has 0 unspecified atom stereocenters. The van der Waals surface area contributed by atoms with Gasteiger partial charge in [0.1, 0.15) is 5.82 Å². The lowest BCUT2D eigenvalue weighted by molar-refractivity contribution is -0.384. The van der Waals surface area contributed by atoms with E-state index in [1.807, 2.05) is 19.0 Å². The maximum absolute atomic E-state index is 14.8. The van der Waals surface area contributed by atoms with E-state index in [-0.39, 0.29) is 11.4 Å². The lowest BCUT2D eigenvalue weighted by atomic mass is 10.0. The number of nitrogens with zero attached hydrogens (tertiary/aromatic N) is 4. The maximum atomic E-state index is 14.8. The molecule has 10 heteroatoms. The Morgan fingerprint density at radius 1 is 1.33 bits per heavy atom. The molecule has 0 radical (unpaired) electrons. The van der Waals surface area contributed by atoms with Gasteiger partial charge in [0.15, 0.2) is 0 Å². The SMILES string of the molecule is COC(=O)c1cnc(Nc2ccc(N3CCC(N(C)C)CC3)c(F)c2)c([N+](=O)[O-])c1. The number of esters is 1. The summed E-state index contributed by atoms with van der Waals surface area (Å²) >= 11 is 0.